The van der Waals surface area contributed by atoms with Crippen LogP contribution in [0.25, 0.3) is 28.3 Å². The summed E-state index contributed by atoms with van der Waals surface area (Å²) >= 11 is 0. The number of fused-ring (bicyclic) bond motifs is 3. The van der Waals surface area contributed by atoms with Gasteiger partial charge in [0.1, 0.15) is 0 Å². The van der Waals surface area contributed by atoms with Crippen molar-refractivity contribution in [2.45, 2.75) is 13.8 Å². The SMILES string of the molecule is Cc1[nH]n(-c2ccccc2)c(=O)c1C=c1c(C)nn2c1nc(=O)c1ccccc12. The van der Waals surface area contributed by atoms with E-state index in [0.717, 1.165) is 11.4 Å². The molecular formula is C22H17N5O2. The summed E-state index contributed by atoms with van der Waals surface area (Å²) in [6.45, 7) is 3.69. The number of benzene rings is 2. The molecule has 0 radical (unpaired) electrons. The Hall–Kier alpha value is -4.00. The maximum absolute atomic E-state index is 13.0. The van der Waals surface area contributed by atoms with E-state index in [1.165, 1.54) is 4.68 Å². The highest BCUT2D eigenvalue weighted by Crippen LogP contribution is 2.11. The zero-order valence-electron chi connectivity index (χ0n) is 15.9. The number of hydrogen-bond acceptors (Lipinski definition) is 4. The van der Waals surface area contributed by atoms with Gasteiger partial charge in [-0.3, -0.25) is 14.7 Å². The Morgan fingerprint density at radius 2 is 1.69 bits per heavy atom. The largest absolute Gasteiger partial charge is 0.295 e. The molecule has 0 aliphatic heterocycles. The van der Waals surface area contributed by atoms with Crippen LogP contribution in [-0.4, -0.2) is 24.4 Å². The maximum Gasteiger partial charge on any atom is 0.281 e. The summed E-state index contributed by atoms with van der Waals surface area (Å²) in [4.78, 5) is 29.8. The molecule has 0 saturated heterocycles. The molecule has 1 N–H and O–H groups in total. The van der Waals surface area contributed by atoms with Gasteiger partial charge in [0.2, 0.25) is 0 Å². The van der Waals surface area contributed by atoms with Crippen molar-refractivity contribution < 1.29 is 0 Å². The molecule has 0 aliphatic carbocycles. The highest BCUT2D eigenvalue weighted by Gasteiger charge is 2.14. The number of aromatic nitrogens is 5. The molecular weight excluding hydrogens is 366 g/mol. The van der Waals surface area contributed by atoms with Crippen molar-refractivity contribution in [3.05, 3.63) is 97.5 Å². The summed E-state index contributed by atoms with van der Waals surface area (Å²) in [5.74, 6) is 0. The van der Waals surface area contributed by atoms with Crippen LogP contribution in [-0.2, 0) is 0 Å². The predicted octanol–water partition coefficient (Wildman–Crippen LogP) is 1.89. The lowest BCUT2D eigenvalue weighted by Gasteiger charge is -1.99. The van der Waals surface area contributed by atoms with Gasteiger partial charge in [-0.1, -0.05) is 30.3 Å². The smallest absolute Gasteiger partial charge is 0.281 e. The molecule has 7 heteroatoms. The normalized spacial score (nSPS) is 12.3. The average Bonchev–Trinajstić information content (AvgIpc) is 3.20. The fourth-order valence-corrected chi connectivity index (χ4v) is 3.60. The molecule has 0 atom stereocenters. The predicted molar refractivity (Wildman–Crippen MR) is 111 cm³/mol. The molecule has 0 saturated carbocycles. The molecule has 0 amide bonds. The van der Waals surface area contributed by atoms with Crippen molar-refractivity contribution >= 4 is 22.6 Å². The maximum atomic E-state index is 13.0. The van der Waals surface area contributed by atoms with Crippen molar-refractivity contribution in [2.75, 3.05) is 0 Å². The number of aryl methyl sites for hydroxylation is 2. The molecule has 7 nitrogen and oxygen atoms in total. The summed E-state index contributed by atoms with van der Waals surface area (Å²) in [5.41, 5.74) is 3.33. The Kier molecular flexibility index (Phi) is 3.70. The van der Waals surface area contributed by atoms with E-state index < -0.39 is 0 Å². The molecule has 5 aromatic rings. The third-order valence-corrected chi connectivity index (χ3v) is 5.07. The lowest BCUT2D eigenvalue weighted by molar-refractivity contribution is 0.835. The van der Waals surface area contributed by atoms with Crippen molar-refractivity contribution in [1.29, 1.82) is 0 Å². The average molecular weight is 383 g/mol. The molecule has 0 bridgehead atoms. The zero-order chi connectivity index (χ0) is 20.1. The second kappa shape index (κ2) is 6.27. The second-order valence-corrected chi connectivity index (χ2v) is 6.94. The Bertz CT molecular complexity index is 1560. The van der Waals surface area contributed by atoms with Crippen molar-refractivity contribution in [1.82, 2.24) is 24.4 Å². The van der Waals surface area contributed by atoms with Crippen LogP contribution in [0.5, 0.6) is 0 Å². The number of rotatable bonds is 2. The van der Waals surface area contributed by atoms with Crippen LogP contribution in [0.15, 0.2) is 64.2 Å². The topological polar surface area (TPSA) is 85.1 Å². The summed E-state index contributed by atoms with van der Waals surface area (Å²) < 4.78 is 3.17. The second-order valence-electron chi connectivity index (χ2n) is 6.94. The van der Waals surface area contributed by atoms with E-state index in [1.807, 2.05) is 56.3 Å². The van der Waals surface area contributed by atoms with Crippen molar-refractivity contribution in [2.24, 2.45) is 0 Å². The lowest BCUT2D eigenvalue weighted by atomic mass is 10.2. The number of hydrogen-bond donors (Lipinski definition) is 1. The number of H-pyrrole nitrogens is 1. The molecule has 5 rings (SSSR count). The van der Waals surface area contributed by atoms with Gasteiger partial charge in [-0.25, -0.2) is 9.20 Å². The summed E-state index contributed by atoms with van der Waals surface area (Å²) in [7, 11) is 0. The number of aromatic amines is 1. The number of nitrogens with zero attached hydrogens (tertiary/aromatic N) is 4. The van der Waals surface area contributed by atoms with Gasteiger partial charge in [-0.15, -0.1) is 0 Å². The van der Waals surface area contributed by atoms with E-state index in [4.69, 9.17) is 0 Å². The molecule has 3 heterocycles. The molecule has 29 heavy (non-hydrogen) atoms. The minimum atomic E-state index is -0.310. The van der Waals surface area contributed by atoms with Gasteiger partial charge in [-0.05, 0) is 44.2 Å². The Morgan fingerprint density at radius 1 is 0.966 bits per heavy atom. The van der Waals surface area contributed by atoms with Crippen LogP contribution in [0, 0.1) is 13.8 Å². The quantitative estimate of drug-likeness (QED) is 0.504. The lowest BCUT2D eigenvalue weighted by Crippen LogP contribution is -2.18. The summed E-state index contributed by atoms with van der Waals surface area (Å²) in [5, 5.41) is 8.85. The van der Waals surface area contributed by atoms with E-state index >= 15 is 0 Å². The van der Waals surface area contributed by atoms with E-state index in [2.05, 4.69) is 15.2 Å². The van der Waals surface area contributed by atoms with Crippen molar-refractivity contribution in [3.63, 3.8) is 0 Å². The van der Waals surface area contributed by atoms with Gasteiger partial charge in [0, 0.05) is 10.9 Å². The van der Waals surface area contributed by atoms with Gasteiger partial charge in [0.25, 0.3) is 11.1 Å². The van der Waals surface area contributed by atoms with Gasteiger partial charge in [0.05, 0.1) is 27.8 Å². The van der Waals surface area contributed by atoms with Crippen LogP contribution < -0.4 is 16.3 Å². The molecule has 2 aromatic carbocycles. The fourth-order valence-electron chi connectivity index (χ4n) is 3.60. The highest BCUT2D eigenvalue weighted by atomic mass is 16.1. The van der Waals surface area contributed by atoms with Gasteiger partial charge < -0.3 is 0 Å². The Balaban J connectivity index is 1.82. The van der Waals surface area contributed by atoms with E-state index in [9.17, 15) is 9.59 Å². The monoisotopic (exact) mass is 383 g/mol. The summed E-state index contributed by atoms with van der Waals surface area (Å²) in [6.07, 6.45) is 1.76. The van der Waals surface area contributed by atoms with Crippen molar-refractivity contribution in [3.8, 4) is 5.69 Å². The highest BCUT2D eigenvalue weighted by molar-refractivity contribution is 5.80. The first-order valence-electron chi connectivity index (χ1n) is 9.21. The first-order valence-corrected chi connectivity index (χ1v) is 9.21. The molecule has 0 unspecified atom stereocenters. The Morgan fingerprint density at radius 3 is 2.48 bits per heavy atom. The summed E-state index contributed by atoms with van der Waals surface area (Å²) in [6, 6.07) is 16.6. The van der Waals surface area contributed by atoms with Gasteiger partial charge in [-0.2, -0.15) is 10.1 Å². The van der Waals surface area contributed by atoms with E-state index in [0.29, 0.717) is 33.0 Å². The molecule has 0 aliphatic rings. The standard InChI is InChI=1S/C22H17N5O2/c1-13-17(20-23-21(28)16-10-6-7-11-19(16)27(20)25-13)12-18-14(2)24-26(22(18)29)15-8-4-3-5-9-15/h3-12,24H,1-2H3. The van der Waals surface area contributed by atoms with Crippen LogP contribution in [0.4, 0.5) is 0 Å². The van der Waals surface area contributed by atoms with E-state index in [-0.39, 0.29) is 11.1 Å². The van der Waals surface area contributed by atoms with Crippen LogP contribution in [0.3, 0.4) is 0 Å². The van der Waals surface area contributed by atoms with Crippen LogP contribution in [0.2, 0.25) is 0 Å². The first-order chi connectivity index (χ1) is 14.0. The molecule has 0 fully saturated rings. The minimum Gasteiger partial charge on any atom is -0.295 e. The van der Waals surface area contributed by atoms with E-state index in [1.54, 1.807) is 22.7 Å². The van der Waals surface area contributed by atoms with Gasteiger partial charge in [0.15, 0.2) is 5.65 Å². The van der Waals surface area contributed by atoms with Crippen LogP contribution >= 0.6 is 0 Å². The molecule has 142 valence electrons. The third kappa shape index (κ3) is 2.59. The number of para-hydroxylation sites is 2. The van der Waals surface area contributed by atoms with Crippen LogP contribution in [0.1, 0.15) is 17.0 Å². The zero-order valence-corrected chi connectivity index (χ0v) is 15.9. The Labute approximate surface area is 164 Å². The minimum absolute atomic E-state index is 0.171. The first kappa shape index (κ1) is 17.1. The fraction of sp³-hybridized carbons (Fsp3) is 0.0909. The molecule has 0 spiro atoms. The number of nitrogens with one attached hydrogen (secondary N) is 1. The third-order valence-electron chi connectivity index (χ3n) is 5.07. The van der Waals surface area contributed by atoms with Gasteiger partial charge >= 0.3 is 0 Å². The molecule has 3 aromatic heterocycles.